The van der Waals surface area contributed by atoms with E-state index in [1.165, 1.54) is 0 Å². The van der Waals surface area contributed by atoms with Crippen LogP contribution in [-0.4, -0.2) is 14.2 Å². The summed E-state index contributed by atoms with van der Waals surface area (Å²) in [5, 5.41) is 3.57. The number of sulfone groups is 1. The van der Waals surface area contributed by atoms with Gasteiger partial charge in [0.15, 0.2) is 0 Å². The van der Waals surface area contributed by atoms with Gasteiger partial charge in [-0.25, -0.2) is 8.42 Å². The minimum Gasteiger partial charge on any atom is -0.396 e. The van der Waals surface area contributed by atoms with Gasteiger partial charge < -0.3 is 11.1 Å². The fourth-order valence-corrected chi connectivity index (χ4v) is 6.54. The van der Waals surface area contributed by atoms with E-state index in [1.807, 2.05) is 58.0 Å². The van der Waals surface area contributed by atoms with Crippen molar-refractivity contribution in [2.75, 3.05) is 11.1 Å². The van der Waals surface area contributed by atoms with Gasteiger partial charge in [0.25, 0.3) is 0 Å². The minimum absolute atomic E-state index is 0.0380. The van der Waals surface area contributed by atoms with E-state index >= 15 is 0 Å². The van der Waals surface area contributed by atoms with Crippen LogP contribution in [0.2, 0.25) is 0 Å². The van der Waals surface area contributed by atoms with Gasteiger partial charge in [-0.3, -0.25) is 4.79 Å². The molecule has 4 aromatic rings. The van der Waals surface area contributed by atoms with Gasteiger partial charge in [-0.2, -0.15) is 0 Å². The van der Waals surface area contributed by atoms with Crippen molar-refractivity contribution in [2.24, 2.45) is 0 Å². The number of anilines is 3. The molecular formula is C27H26N2O3S2. The molecule has 0 spiro atoms. The Balaban J connectivity index is 1.90. The number of carbonyl (C=O) groups is 1. The van der Waals surface area contributed by atoms with Gasteiger partial charge >= 0.3 is 0 Å². The molecule has 0 aliphatic heterocycles. The fourth-order valence-electron chi connectivity index (χ4n) is 3.61. The smallest absolute Gasteiger partial charge is 0.211 e. The topological polar surface area (TPSA) is 89.3 Å². The van der Waals surface area contributed by atoms with Gasteiger partial charge in [-0.15, -0.1) is 11.3 Å². The highest BCUT2D eigenvalue weighted by Gasteiger charge is 2.31. The largest absolute Gasteiger partial charge is 0.396 e. The number of thiophene rings is 1. The van der Waals surface area contributed by atoms with Gasteiger partial charge in [0, 0.05) is 11.3 Å². The number of nitrogen functional groups attached to an aromatic ring is 1. The number of benzene rings is 3. The van der Waals surface area contributed by atoms with Crippen LogP contribution in [-0.2, 0) is 9.84 Å². The first kappa shape index (κ1) is 23.7. The number of carbonyl (C=O) groups excluding carboxylic acids is 1. The standard InChI is InChI=1S/C27H26N2O3S2/c1-16-6-11-20(12-7-16)24(30)25-23(28)26(34(31,32)21-13-8-17(2)9-14-21)27(33-25)29-22-15-18(3)5-10-19(22)4/h5-15,29H,28H2,1-4H3. The molecule has 3 aromatic carbocycles. The van der Waals surface area contributed by atoms with Crippen LogP contribution in [0.4, 0.5) is 16.4 Å². The molecule has 0 radical (unpaired) electrons. The maximum absolute atomic E-state index is 13.7. The summed E-state index contributed by atoms with van der Waals surface area (Å²) in [5.41, 5.74) is 11.5. The molecule has 1 heterocycles. The Morgan fingerprint density at radius 2 is 1.38 bits per heavy atom. The van der Waals surface area contributed by atoms with Gasteiger partial charge in [-0.1, -0.05) is 59.7 Å². The van der Waals surface area contributed by atoms with Gasteiger partial charge in [-0.05, 0) is 57.0 Å². The normalized spacial score (nSPS) is 11.4. The average molecular weight is 491 g/mol. The number of nitrogens with one attached hydrogen (secondary N) is 1. The first-order chi connectivity index (χ1) is 16.1. The van der Waals surface area contributed by atoms with Crippen LogP contribution in [0.25, 0.3) is 0 Å². The fraction of sp³-hybridized carbons (Fsp3) is 0.148. The van der Waals surface area contributed by atoms with E-state index in [-0.39, 0.29) is 26.1 Å². The third-order valence-corrected chi connectivity index (χ3v) is 8.76. The molecule has 34 heavy (non-hydrogen) atoms. The molecule has 5 nitrogen and oxygen atoms in total. The van der Waals surface area contributed by atoms with Crippen molar-refractivity contribution in [1.29, 1.82) is 0 Å². The lowest BCUT2D eigenvalue weighted by atomic mass is 10.1. The van der Waals surface area contributed by atoms with Gasteiger partial charge in [0.2, 0.25) is 15.6 Å². The van der Waals surface area contributed by atoms with Crippen molar-refractivity contribution < 1.29 is 13.2 Å². The Bertz CT molecular complexity index is 1480. The van der Waals surface area contributed by atoms with E-state index < -0.39 is 9.84 Å². The lowest BCUT2D eigenvalue weighted by Gasteiger charge is -2.12. The number of hydrogen-bond donors (Lipinski definition) is 2. The van der Waals surface area contributed by atoms with E-state index in [2.05, 4.69) is 5.32 Å². The molecular weight excluding hydrogens is 464 g/mol. The number of hydrogen-bond acceptors (Lipinski definition) is 6. The molecule has 1 aromatic heterocycles. The molecule has 4 rings (SSSR count). The van der Waals surface area contributed by atoms with Crippen LogP contribution in [0.15, 0.2) is 76.5 Å². The number of nitrogens with two attached hydrogens (primary N) is 1. The molecule has 0 fully saturated rings. The van der Waals surface area contributed by atoms with Gasteiger partial charge in [0.1, 0.15) is 14.8 Å². The lowest BCUT2D eigenvalue weighted by molar-refractivity contribution is 0.104. The van der Waals surface area contributed by atoms with Gasteiger partial charge in [0.05, 0.1) is 10.6 Å². The summed E-state index contributed by atoms with van der Waals surface area (Å²) in [5.74, 6) is -0.308. The molecule has 174 valence electrons. The molecule has 0 aliphatic rings. The lowest BCUT2D eigenvalue weighted by Crippen LogP contribution is -2.08. The molecule has 3 N–H and O–H groups in total. The van der Waals surface area contributed by atoms with Crippen LogP contribution in [0.1, 0.15) is 37.5 Å². The molecule has 0 unspecified atom stereocenters. The first-order valence-electron chi connectivity index (χ1n) is 10.8. The predicted molar refractivity (Wildman–Crippen MR) is 139 cm³/mol. The Morgan fingerprint density at radius 1 is 0.824 bits per heavy atom. The second-order valence-corrected chi connectivity index (χ2v) is 11.4. The van der Waals surface area contributed by atoms with Crippen molar-refractivity contribution in [3.05, 3.63) is 99.4 Å². The average Bonchev–Trinajstić information content (AvgIpc) is 3.13. The molecule has 7 heteroatoms. The Morgan fingerprint density at radius 3 is 2.00 bits per heavy atom. The van der Waals surface area contributed by atoms with Crippen LogP contribution >= 0.6 is 11.3 Å². The highest BCUT2D eigenvalue weighted by atomic mass is 32.2. The van der Waals surface area contributed by atoms with Crippen molar-refractivity contribution in [1.82, 2.24) is 0 Å². The van der Waals surface area contributed by atoms with Crippen LogP contribution in [0.3, 0.4) is 0 Å². The van der Waals surface area contributed by atoms with Crippen molar-refractivity contribution in [3.63, 3.8) is 0 Å². The maximum atomic E-state index is 13.7. The molecule has 0 bridgehead atoms. The van der Waals surface area contributed by atoms with E-state index in [0.29, 0.717) is 10.6 Å². The summed E-state index contributed by atoms with van der Waals surface area (Å²) in [4.78, 5) is 13.6. The van der Waals surface area contributed by atoms with Crippen molar-refractivity contribution in [3.8, 4) is 0 Å². The van der Waals surface area contributed by atoms with Crippen LogP contribution in [0, 0.1) is 27.7 Å². The minimum atomic E-state index is -3.99. The second-order valence-electron chi connectivity index (χ2n) is 8.46. The molecule has 0 atom stereocenters. The predicted octanol–water partition coefficient (Wildman–Crippen LogP) is 6.37. The van der Waals surface area contributed by atoms with E-state index in [1.54, 1.807) is 36.4 Å². The van der Waals surface area contributed by atoms with E-state index in [9.17, 15) is 13.2 Å². The molecule has 0 saturated heterocycles. The zero-order chi connectivity index (χ0) is 24.6. The Hall–Kier alpha value is -3.42. The quantitative estimate of drug-likeness (QED) is 0.307. The zero-order valence-electron chi connectivity index (χ0n) is 19.5. The third kappa shape index (κ3) is 4.49. The second kappa shape index (κ2) is 9.08. The number of aryl methyl sites for hydroxylation is 4. The van der Waals surface area contributed by atoms with E-state index in [0.717, 1.165) is 39.3 Å². The summed E-state index contributed by atoms with van der Waals surface area (Å²) < 4.78 is 27.4. The zero-order valence-corrected chi connectivity index (χ0v) is 21.1. The van der Waals surface area contributed by atoms with E-state index in [4.69, 9.17) is 5.73 Å². The summed E-state index contributed by atoms with van der Waals surface area (Å²) in [6, 6.07) is 19.6. The summed E-state index contributed by atoms with van der Waals surface area (Å²) in [6.07, 6.45) is 0. The molecule has 0 saturated carbocycles. The number of ketones is 1. The SMILES string of the molecule is Cc1ccc(C(=O)c2sc(Nc3cc(C)ccc3C)c(S(=O)(=O)c3ccc(C)cc3)c2N)cc1. The van der Waals surface area contributed by atoms with Crippen LogP contribution < -0.4 is 11.1 Å². The maximum Gasteiger partial charge on any atom is 0.211 e. The molecule has 0 amide bonds. The third-order valence-electron chi connectivity index (χ3n) is 5.66. The monoisotopic (exact) mass is 490 g/mol. The Labute approximate surface area is 204 Å². The Kier molecular flexibility index (Phi) is 6.34. The summed E-state index contributed by atoms with van der Waals surface area (Å²) in [6.45, 7) is 7.72. The van der Waals surface area contributed by atoms with Crippen molar-refractivity contribution in [2.45, 2.75) is 37.5 Å². The molecule has 0 aliphatic carbocycles. The highest BCUT2D eigenvalue weighted by molar-refractivity contribution is 7.92. The van der Waals surface area contributed by atoms with Crippen molar-refractivity contribution >= 4 is 43.3 Å². The summed E-state index contributed by atoms with van der Waals surface area (Å²) >= 11 is 1.06. The summed E-state index contributed by atoms with van der Waals surface area (Å²) in [7, 11) is -3.99. The van der Waals surface area contributed by atoms with Crippen LogP contribution in [0.5, 0.6) is 0 Å². The number of rotatable bonds is 6. The highest BCUT2D eigenvalue weighted by Crippen LogP contribution is 2.44. The first-order valence-corrected chi connectivity index (χ1v) is 13.1.